The number of carboxylic acids is 1. The first kappa shape index (κ1) is 33.1. The molecule has 3 rings (SSSR count). The van der Waals surface area contributed by atoms with E-state index >= 15 is 0 Å². The summed E-state index contributed by atoms with van der Waals surface area (Å²) in [4.78, 5) is 64.5. The molecule has 232 valence electrons. The average Bonchev–Trinajstić information content (AvgIpc) is 3.36. The lowest BCUT2D eigenvalue weighted by molar-refractivity contribution is -0.156. The van der Waals surface area contributed by atoms with Gasteiger partial charge in [0.1, 0.15) is 30.3 Å². The quantitative estimate of drug-likeness (QED) is 0.272. The summed E-state index contributed by atoms with van der Waals surface area (Å²) in [6.07, 6.45) is -0.520. The minimum Gasteiger partial charge on any atom is -0.480 e. The predicted octanol–water partition coefficient (Wildman–Crippen LogP) is 3.14. The van der Waals surface area contributed by atoms with Gasteiger partial charge in [-0.15, -0.1) is 0 Å². The summed E-state index contributed by atoms with van der Waals surface area (Å²) < 4.78 is 10.6. The van der Waals surface area contributed by atoms with Gasteiger partial charge in [0, 0.05) is 0 Å². The van der Waals surface area contributed by atoms with Gasteiger partial charge < -0.3 is 30.5 Å². The molecule has 3 amide bonds. The maximum absolute atomic E-state index is 13.7. The average molecular weight is 596 g/mol. The molecule has 0 radical (unpaired) electrons. The first-order chi connectivity index (χ1) is 20.2. The van der Waals surface area contributed by atoms with Crippen molar-refractivity contribution in [2.75, 3.05) is 0 Å². The zero-order chi connectivity index (χ0) is 31.7. The van der Waals surface area contributed by atoms with Gasteiger partial charge in [-0.2, -0.15) is 0 Å². The Labute approximate surface area is 251 Å². The lowest BCUT2D eigenvalue weighted by Crippen LogP contribution is -2.59. The maximum atomic E-state index is 13.7. The van der Waals surface area contributed by atoms with Crippen molar-refractivity contribution in [2.45, 2.75) is 84.2 Å². The molecule has 0 saturated carbocycles. The molecule has 0 aromatic heterocycles. The van der Waals surface area contributed by atoms with Gasteiger partial charge in [-0.25, -0.2) is 9.59 Å². The highest BCUT2D eigenvalue weighted by atomic mass is 16.6. The number of nitrogens with one attached hydrogen (secondary N) is 3. The summed E-state index contributed by atoms with van der Waals surface area (Å²) in [6, 6.07) is 12.8. The van der Waals surface area contributed by atoms with Gasteiger partial charge in [0.25, 0.3) is 0 Å². The van der Waals surface area contributed by atoms with E-state index in [9.17, 15) is 29.1 Å². The van der Waals surface area contributed by atoms with E-state index in [0.29, 0.717) is 12.8 Å². The largest absolute Gasteiger partial charge is 0.480 e. The zero-order valence-electron chi connectivity index (χ0n) is 25.2. The van der Waals surface area contributed by atoms with Gasteiger partial charge >= 0.3 is 18.0 Å². The minimum atomic E-state index is -1.43. The Morgan fingerprint density at radius 1 is 0.860 bits per heavy atom. The maximum Gasteiger partial charge on any atom is 0.408 e. The van der Waals surface area contributed by atoms with E-state index in [1.807, 2.05) is 30.3 Å². The molecule has 0 fully saturated rings. The highest BCUT2D eigenvalue weighted by molar-refractivity contribution is 5.94. The Hall–Kier alpha value is -4.41. The third-order valence-corrected chi connectivity index (χ3v) is 6.98. The number of fused-ring (bicyclic) bond motifs is 1. The smallest absolute Gasteiger partial charge is 0.408 e. The van der Waals surface area contributed by atoms with E-state index < -0.39 is 71.8 Å². The number of ether oxygens (including phenoxy) is 2. The second-order valence-electron chi connectivity index (χ2n) is 12.0. The van der Waals surface area contributed by atoms with Crippen LogP contribution in [0.5, 0.6) is 0 Å². The Balaban J connectivity index is 1.82. The topological polar surface area (TPSA) is 160 Å². The molecule has 3 unspecified atom stereocenters. The van der Waals surface area contributed by atoms with Crippen molar-refractivity contribution < 1.29 is 38.6 Å². The van der Waals surface area contributed by atoms with E-state index in [0.717, 1.165) is 16.7 Å². The number of carboxylic acid groups (broad SMARTS) is 1. The summed E-state index contributed by atoms with van der Waals surface area (Å²) in [6.45, 7) is 8.29. The number of esters is 1. The first-order valence-electron chi connectivity index (χ1n) is 14.3. The fraction of sp³-hybridized carbons (Fsp3) is 0.469. The summed E-state index contributed by atoms with van der Waals surface area (Å²) in [5.41, 5.74) is 1.92. The molecule has 2 aromatic rings. The van der Waals surface area contributed by atoms with Crippen LogP contribution in [0.4, 0.5) is 4.79 Å². The third-order valence-electron chi connectivity index (χ3n) is 6.98. The van der Waals surface area contributed by atoms with Crippen molar-refractivity contribution in [1.82, 2.24) is 16.0 Å². The molecule has 11 nitrogen and oxygen atoms in total. The van der Waals surface area contributed by atoms with Gasteiger partial charge in [0.05, 0.1) is 6.42 Å². The number of benzene rings is 2. The normalized spacial score (nSPS) is 15.0. The number of alkyl carbamates (subject to hydrolysis) is 1. The van der Waals surface area contributed by atoms with E-state index in [2.05, 4.69) is 16.0 Å². The van der Waals surface area contributed by atoms with Crippen molar-refractivity contribution >= 4 is 29.8 Å². The summed E-state index contributed by atoms with van der Waals surface area (Å²) in [5.74, 6) is -4.23. The van der Waals surface area contributed by atoms with E-state index in [1.165, 1.54) is 0 Å². The van der Waals surface area contributed by atoms with E-state index in [4.69, 9.17) is 9.47 Å². The van der Waals surface area contributed by atoms with E-state index in [1.54, 1.807) is 58.9 Å². The number of hydrogen-bond donors (Lipinski definition) is 4. The van der Waals surface area contributed by atoms with Crippen LogP contribution in [0.1, 0.15) is 57.7 Å². The van der Waals surface area contributed by atoms with Crippen LogP contribution >= 0.6 is 0 Å². The van der Waals surface area contributed by atoms with Crippen molar-refractivity contribution in [3.05, 3.63) is 71.3 Å². The van der Waals surface area contributed by atoms with Crippen molar-refractivity contribution in [3.8, 4) is 0 Å². The van der Waals surface area contributed by atoms with Crippen LogP contribution in [0.25, 0.3) is 0 Å². The molecule has 0 heterocycles. The minimum absolute atomic E-state index is 0.0649. The molecular formula is C32H41N3O8. The molecule has 1 aliphatic rings. The zero-order valence-corrected chi connectivity index (χ0v) is 25.2. The fourth-order valence-electron chi connectivity index (χ4n) is 4.90. The molecule has 11 heteroatoms. The number of carbonyl (C=O) groups is 5. The lowest BCUT2D eigenvalue weighted by atomic mass is 9.94. The van der Waals surface area contributed by atoms with Crippen LogP contribution in [0, 0.1) is 11.8 Å². The molecule has 3 atom stereocenters. The van der Waals surface area contributed by atoms with Crippen molar-refractivity contribution in [1.29, 1.82) is 0 Å². The standard InChI is InChI=1S/C32H41N3O8/c1-19(2)26(30(39)40)34-29(38)27(23-15-21-13-9-10-14-22(21)16-23)35-28(37)24(17-25(36)43-32(3,4)5)33-31(41)42-18-20-11-7-6-8-12-20/h6-14,19,23-24,26-27H,15-18H2,1-5H3,(H,33,41)(H,34,38)(H,35,37)(H,39,40). The van der Waals surface area contributed by atoms with Crippen LogP contribution in [-0.4, -0.2) is 58.7 Å². The van der Waals surface area contributed by atoms with Crippen LogP contribution in [0.2, 0.25) is 0 Å². The Bertz CT molecular complexity index is 1280. The summed E-state index contributed by atoms with van der Waals surface area (Å²) in [5, 5.41) is 17.4. The lowest BCUT2D eigenvalue weighted by Gasteiger charge is -2.29. The first-order valence-corrected chi connectivity index (χ1v) is 14.3. The van der Waals surface area contributed by atoms with Gasteiger partial charge in [0.15, 0.2) is 0 Å². The summed E-state index contributed by atoms with van der Waals surface area (Å²) in [7, 11) is 0. The van der Waals surface area contributed by atoms with Crippen LogP contribution in [0.15, 0.2) is 54.6 Å². The highest BCUT2D eigenvalue weighted by Gasteiger charge is 2.38. The molecule has 0 aliphatic heterocycles. The second kappa shape index (κ2) is 14.7. The second-order valence-corrected chi connectivity index (χ2v) is 12.0. The Morgan fingerprint density at radius 3 is 1.98 bits per heavy atom. The molecule has 1 aliphatic carbocycles. The molecular weight excluding hydrogens is 554 g/mol. The van der Waals surface area contributed by atoms with E-state index in [-0.39, 0.29) is 6.61 Å². The predicted molar refractivity (Wildman–Crippen MR) is 158 cm³/mol. The number of aliphatic carboxylic acids is 1. The fourth-order valence-corrected chi connectivity index (χ4v) is 4.90. The van der Waals surface area contributed by atoms with Crippen LogP contribution < -0.4 is 16.0 Å². The molecule has 43 heavy (non-hydrogen) atoms. The van der Waals surface area contributed by atoms with Gasteiger partial charge in [-0.3, -0.25) is 14.4 Å². The number of carbonyl (C=O) groups excluding carboxylic acids is 4. The molecule has 0 saturated heterocycles. The number of amides is 3. The monoisotopic (exact) mass is 595 g/mol. The van der Waals surface area contributed by atoms with Crippen LogP contribution in [-0.2, 0) is 48.1 Å². The van der Waals surface area contributed by atoms with Gasteiger partial charge in [-0.05, 0) is 62.1 Å². The third kappa shape index (κ3) is 10.1. The highest BCUT2D eigenvalue weighted by Crippen LogP contribution is 2.29. The van der Waals surface area contributed by atoms with Gasteiger partial charge in [-0.1, -0.05) is 68.4 Å². The molecule has 0 spiro atoms. The molecule has 0 bridgehead atoms. The molecule has 2 aromatic carbocycles. The van der Waals surface area contributed by atoms with Crippen molar-refractivity contribution in [3.63, 3.8) is 0 Å². The summed E-state index contributed by atoms with van der Waals surface area (Å²) >= 11 is 0. The number of rotatable bonds is 12. The van der Waals surface area contributed by atoms with Crippen molar-refractivity contribution in [2.24, 2.45) is 11.8 Å². The van der Waals surface area contributed by atoms with Gasteiger partial charge in [0.2, 0.25) is 11.8 Å². The molecule has 4 N–H and O–H groups in total. The SMILES string of the molecule is CC(C)C(NC(=O)C(NC(=O)C(CC(=O)OC(C)(C)C)NC(=O)OCc1ccccc1)C1Cc2ccccc2C1)C(=O)O. The Morgan fingerprint density at radius 2 is 1.44 bits per heavy atom. The Kier molecular flexibility index (Phi) is 11.3. The number of hydrogen-bond acceptors (Lipinski definition) is 7. The van der Waals surface area contributed by atoms with Crippen LogP contribution in [0.3, 0.4) is 0 Å².